The highest BCUT2D eigenvalue weighted by Gasteiger charge is 2.15. The standard InChI is InChI=1S/C14H21BrN2/c1-11(16)13-7-6-12(15)10-14(13)17-8-4-2-3-5-9-17/h6-7,10-11H,2-5,8-9,16H2,1H3. The molecule has 2 rings (SSSR count). The van der Waals surface area contributed by atoms with Crippen molar-refractivity contribution >= 4 is 21.6 Å². The van der Waals surface area contributed by atoms with E-state index in [9.17, 15) is 0 Å². The molecule has 1 aliphatic rings. The van der Waals surface area contributed by atoms with Gasteiger partial charge in [-0.3, -0.25) is 0 Å². The summed E-state index contributed by atoms with van der Waals surface area (Å²) in [6, 6.07) is 6.54. The molecule has 0 saturated carbocycles. The van der Waals surface area contributed by atoms with E-state index >= 15 is 0 Å². The maximum atomic E-state index is 6.07. The number of rotatable bonds is 2. The predicted octanol–water partition coefficient (Wildman–Crippen LogP) is 3.85. The average Bonchev–Trinajstić information content (AvgIpc) is 2.56. The van der Waals surface area contributed by atoms with Crippen molar-refractivity contribution in [3.8, 4) is 0 Å². The van der Waals surface area contributed by atoms with Gasteiger partial charge < -0.3 is 10.6 Å². The summed E-state index contributed by atoms with van der Waals surface area (Å²) in [5.74, 6) is 0. The van der Waals surface area contributed by atoms with Crippen LogP contribution in [-0.4, -0.2) is 13.1 Å². The van der Waals surface area contributed by atoms with E-state index in [1.165, 1.54) is 36.9 Å². The van der Waals surface area contributed by atoms with Crippen LogP contribution in [0.2, 0.25) is 0 Å². The third kappa shape index (κ3) is 3.23. The Labute approximate surface area is 112 Å². The van der Waals surface area contributed by atoms with Crippen LogP contribution in [0.15, 0.2) is 22.7 Å². The number of nitrogens with two attached hydrogens (primary N) is 1. The highest BCUT2D eigenvalue weighted by molar-refractivity contribution is 9.10. The zero-order valence-corrected chi connectivity index (χ0v) is 12.0. The molecular weight excluding hydrogens is 276 g/mol. The molecule has 0 bridgehead atoms. The minimum Gasteiger partial charge on any atom is -0.371 e. The Hall–Kier alpha value is -0.540. The number of nitrogens with zero attached hydrogens (tertiary/aromatic N) is 1. The molecule has 1 aromatic rings. The van der Waals surface area contributed by atoms with Crippen LogP contribution in [-0.2, 0) is 0 Å². The van der Waals surface area contributed by atoms with Gasteiger partial charge in [0.25, 0.3) is 0 Å². The van der Waals surface area contributed by atoms with Crippen molar-refractivity contribution in [2.75, 3.05) is 18.0 Å². The van der Waals surface area contributed by atoms with Gasteiger partial charge in [0.1, 0.15) is 0 Å². The summed E-state index contributed by atoms with van der Waals surface area (Å²) in [7, 11) is 0. The van der Waals surface area contributed by atoms with Gasteiger partial charge in [0, 0.05) is 29.3 Å². The molecule has 1 saturated heterocycles. The fourth-order valence-electron chi connectivity index (χ4n) is 2.49. The molecule has 1 unspecified atom stereocenters. The lowest BCUT2D eigenvalue weighted by atomic mass is 10.1. The van der Waals surface area contributed by atoms with Crippen LogP contribution < -0.4 is 10.6 Å². The van der Waals surface area contributed by atoms with E-state index in [1.807, 2.05) is 0 Å². The maximum absolute atomic E-state index is 6.07. The van der Waals surface area contributed by atoms with Gasteiger partial charge in [0.05, 0.1) is 0 Å². The molecule has 94 valence electrons. The molecule has 1 atom stereocenters. The third-order valence-corrected chi connectivity index (χ3v) is 3.92. The fourth-order valence-corrected chi connectivity index (χ4v) is 2.84. The van der Waals surface area contributed by atoms with E-state index in [-0.39, 0.29) is 6.04 Å². The minimum atomic E-state index is 0.0985. The Balaban J connectivity index is 2.30. The molecule has 1 aromatic carbocycles. The predicted molar refractivity (Wildman–Crippen MR) is 77.4 cm³/mol. The Bertz CT molecular complexity index is 368. The van der Waals surface area contributed by atoms with Gasteiger partial charge in [-0.2, -0.15) is 0 Å². The number of hydrogen-bond donors (Lipinski definition) is 1. The molecule has 0 amide bonds. The molecule has 2 nitrogen and oxygen atoms in total. The monoisotopic (exact) mass is 296 g/mol. The Kier molecular flexibility index (Phi) is 4.46. The zero-order valence-electron chi connectivity index (χ0n) is 10.5. The highest BCUT2D eigenvalue weighted by Crippen LogP contribution is 2.30. The second-order valence-corrected chi connectivity index (χ2v) is 5.81. The van der Waals surface area contributed by atoms with Crippen LogP contribution >= 0.6 is 15.9 Å². The molecule has 0 spiro atoms. The Morgan fingerprint density at radius 1 is 1.18 bits per heavy atom. The summed E-state index contributed by atoms with van der Waals surface area (Å²) in [5.41, 5.74) is 8.64. The van der Waals surface area contributed by atoms with Gasteiger partial charge in [-0.1, -0.05) is 34.8 Å². The topological polar surface area (TPSA) is 29.3 Å². The van der Waals surface area contributed by atoms with Crippen molar-refractivity contribution in [1.82, 2.24) is 0 Å². The summed E-state index contributed by atoms with van der Waals surface area (Å²) >= 11 is 3.56. The minimum absolute atomic E-state index is 0.0985. The molecule has 1 heterocycles. The first-order valence-electron chi connectivity index (χ1n) is 6.48. The molecule has 1 aliphatic heterocycles. The van der Waals surface area contributed by atoms with Crippen molar-refractivity contribution < 1.29 is 0 Å². The molecule has 1 fully saturated rings. The van der Waals surface area contributed by atoms with E-state index in [0.717, 1.165) is 17.6 Å². The van der Waals surface area contributed by atoms with Crippen LogP contribution in [0.1, 0.15) is 44.2 Å². The quantitative estimate of drug-likeness (QED) is 0.898. The first kappa shape index (κ1) is 12.9. The number of anilines is 1. The second kappa shape index (κ2) is 5.87. The van der Waals surface area contributed by atoms with Gasteiger partial charge in [0.15, 0.2) is 0 Å². The first-order valence-corrected chi connectivity index (χ1v) is 7.28. The van der Waals surface area contributed by atoms with Gasteiger partial charge in [-0.15, -0.1) is 0 Å². The molecule has 0 aromatic heterocycles. The Morgan fingerprint density at radius 2 is 1.82 bits per heavy atom. The molecule has 0 aliphatic carbocycles. The highest BCUT2D eigenvalue weighted by atomic mass is 79.9. The first-order chi connectivity index (χ1) is 8.18. The SMILES string of the molecule is CC(N)c1ccc(Br)cc1N1CCCCCC1. The summed E-state index contributed by atoms with van der Waals surface area (Å²) in [6.45, 7) is 4.39. The van der Waals surface area contributed by atoms with Crippen molar-refractivity contribution in [3.63, 3.8) is 0 Å². The van der Waals surface area contributed by atoms with Crippen molar-refractivity contribution in [1.29, 1.82) is 0 Å². The molecule has 3 heteroatoms. The third-order valence-electron chi connectivity index (χ3n) is 3.43. The van der Waals surface area contributed by atoms with Crippen molar-refractivity contribution in [3.05, 3.63) is 28.2 Å². The number of benzene rings is 1. The zero-order chi connectivity index (χ0) is 12.3. The summed E-state index contributed by atoms with van der Waals surface area (Å²) in [6.07, 6.45) is 5.31. The molecule has 17 heavy (non-hydrogen) atoms. The molecular formula is C14H21BrN2. The lowest BCUT2D eigenvalue weighted by Gasteiger charge is -2.27. The van der Waals surface area contributed by atoms with Crippen LogP contribution in [0.5, 0.6) is 0 Å². The van der Waals surface area contributed by atoms with E-state index in [4.69, 9.17) is 5.73 Å². The lowest BCUT2D eigenvalue weighted by Crippen LogP contribution is -2.26. The van der Waals surface area contributed by atoms with E-state index in [1.54, 1.807) is 0 Å². The normalized spacial score (nSPS) is 18.9. The number of hydrogen-bond acceptors (Lipinski definition) is 2. The van der Waals surface area contributed by atoms with Crippen LogP contribution in [0.25, 0.3) is 0 Å². The lowest BCUT2D eigenvalue weighted by molar-refractivity contribution is 0.726. The van der Waals surface area contributed by atoms with Crippen molar-refractivity contribution in [2.24, 2.45) is 5.73 Å². The van der Waals surface area contributed by atoms with E-state index < -0.39 is 0 Å². The summed E-state index contributed by atoms with van der Waals surface area (Å²) in [4.78, 5) is 2.50. The molecule has 2 N–H and O–H groups in total. The van der Waals surface area contributed by atoms with Crippen LogP contribution in [0, 0.1) is 0 Å². The number of halogens is 1. The summed E-state index contributed by atoms with van der Waals surface area (Å²) < 4.78 is 1.14. The van der Waals surface area contributed by atoms with Crippen molar-refractivity contribution in [2.45, 2.75) is 38.6 Å². The molecule has 0 radical (unpaired) electrons. The maximum Gasteiger partial charge on any atom is 0.0425 e. The largest absolute Gasteiger partial charge is 0.371 e. The van der Waals surface area contributed by atoms with E-state index in [0.29, 0.717) is 0 Å². The average molecular weight is 297 g/mol. The second-order valence-electron chi connectivity index (χ2n) is 4.89. The van der Waals surface area contributed by atoms with E-state index in [2.05, 4.69) is 46.0 Å². The van der Waals surface area contributed by atoms with Gasteiger partial charge in [-0.05, 0) is 37.5 Å². The van der Waals surface area contributed by atoms with Crippen LogP contribution in [0.3, 0.4) is 0 Å². The van der Waals surface area contributed by atoms with Gasteiger partial charge in [0.2, 0.25) is 0 Å². The fraction of sp³-hybridized carbons (Fsp3) is 0.571. The van der Waals surface area contributed by atoms with Gasteiger partial charge in [-0.25, -0.2) is 0 Å². The smallest absolute Gasteiger partial charge is 0.0425 e. The summed E-state index contributed by atoms with van der Waals surface area (Å²) in [5, 5.41) is 0. The van der Waals surface area contributed by atoms with Gasteiger partial charge >= 0.3 is 0 Å². The van der Waals surface area contributed by atoms with Crippen LogP contribution in [0.4, 0.5) is 5.69 Å². The Morgan fingerprint density at radius 3 is 2.41 bits per heavy atom.